The minimum atomic E-state index is 0.0548. The Hall–Kier alpha value is -1.29. The van der Waals surface area contributed by atoms with Crippen LogP contribution < -0.4 is 5.32 Å². The molecule has 1 aromatic heterocycles. The topological polar surface area (TPSA) is 43.3 Å². The van der Waals surface area contributed by atoms with Crippen molar-refractivity contribution in [3.63, 3.8) is 0 Å². The van der Waals surface area contributed by atoms with E-state index < -0.39 is 0 Å². The standard InChI is InChI=1S/C13H22N2O2/c1-10-8-15(12(3)11(10)2)9-13(16)14-6-5-7-17-4/h8H,5-7,9H2,1-4H3,(H,14,16). The van der Waals surface area contributed by atoms with Gasteiger partial charge in [0, 0.05) is 32.2 Å². The molecule has 0 fully saturated rings. The molecule has 1 N–H and O–H groups in total. The van der Waals surface area contributed by atoms with Crippen molar-refractivity contribution < 1.29 is 9.53 Å². The number of ether oxygens (including phenoxy) is 1. The third kappa shape index (κ3) is 3.89. The molecule has 4 nitrogen and oxygen atoms in total. The number of hydrogen-bond donors (Lipinski definition) is 1. The Kier molecular flexibility index (Phi) is 5.22. The SMILES string of the molecule is COCCCNC(=O)Cn1cc(C)c(C)c1C. The number of carbonyl (C=O) groups excluding carboxylic acids is 1. The summed E-state index contributed by atoms with van der Waals surface area (Å²) < 4.78 is 6.92. The summed E-state index contributed by atoms with van der Waals surface area (Å²) in [6, 6.07) is 0. The first-order valence-electron chi connectivity index (χ1n) is 5.94. The lowest BCUT2D eigenvalue weighted by Crippen LogP contribution is -2.29. The Morgan fingerprint density at radius 1 is 1.41 bits per heavy atom. The van der Waals surface area contributed by atoms with Gasteiger partial charge in [0.15, 0.2) is 0 Å². The molecule has 0 aliphatic carbocycles. The van der Waals surface area contributed by atoms with E-state index in [-0.39, 0.29) is 5.91 Å². The number of amides is 1. The second kappa shape index (κ2) is 6.45. The van der Waals surface area contributed by atoms with Crippen LogP contribution >= 0.6 is 0 Å². The normalized spacial score (nSPS) is 10.6. The van der Waals surface area contributed by atoms with Gasteiger partial charge < -0.3 is 14.6 Å². The zero-order valence-electron chi connectivity index (χ0n) is 11.2. The first-order valence-corrected chi connectivity index (χ1v) is 5.94. The monoisotopic (exact) mass is 238 g/mol. The van der Waals surface area contributed by atoms with Gasteiger partial charge in [-0.3, -0.25) is 4.79 Å². The molecular weight excluding hydrogens is 216 g/mol. The summed E-state index contributed by atoms with van der Waals surface area (Å²) in [5, 5.41) is 2.88. The number of nitrogens with one attached hydrogen (secondary N) is 1. The van der Waals surface area contributed by atoms with Crippen LogP contribution in [0.3, 0.4) is 0 Å². The number of nitrogens with zero attached hydrogens (tertiary/aromatic N) is 1. The van der Waals surface area contributed by atoms with Crippen molar-refractivity contribution in [3.05, 3.63) is 23.0 Å². The predicted molar refractivity (Wildman–Crippen MR) is 68.1 cm³/mol. The highest BCUT2D eigenvalue weighted by molar-refractivity contribution is 5.75. The van der Waals surface area contributed by atoms with E-state index in [2.05, 4.69) is 19.2 Å². The van der Waals surface area contributed by atoms with Crippen molar-refractivity contribution in [2.45, 2.75) is 33.7 Å². The lowest BCUT2D eigenvalue weighted by Gasteiger charge is -2.07. The molecule has 1 amide bonds. The second-order valence-electron chi connectivity index (χ2n) is 4.35. The van der Waals surface area contributed by atoms with E-state index in [1.807, 2.05) is 17.7 Å². The molecule has 4 heteroatoms. The van der Waals surface area contributed by atoms with Crippen LogP contribution in [0.1, 0.15) is 23.2 Å². The van der Waals surface area contributed by atoms with E-state index in [0.29, 0.717) is 19.7 Å². The third-order valence-electron chi connectivity index (χ3n) is 3.08. The second-order valence-corrected chi connectivity index (χ2v) is 4.35. The van der Waals surface area contributed by atoms with Gasteiger partial charge in [-0.2, -0.15) is 0 Å². The molecule has 17 heavy (non-hydrogen) atoms. The molecule has 1 rings (SSSR count). The maximum absolute atomic E-state index is 11.7. The molecule has 0 saturated heterocycles. The van der Waals surface area contributed by atoms with Crippen molar-refractivity contribution >= 4 is 5.91 Å². The zero-order valence-corrected chi connectivity index (χ0v) is 11.2. The van der Waals surface area contributed by atoms with Crippen molar-refractivity contribution in [2.24, 2.45) is 0 Å². The fraction of sp³-hybridized carbons (Fsp3) is 0.615. The summed E-state index contributed by atoms with van der Waals surface area (Å²) >= 11 is 0. The van der Waals surface area contributed by atoms with Crippen molar-refractivity contribution in [1.29, 1.82) is 0 Å². The zero-order chi connectivity index (χ0) is 12.8. The Bertz CT molecular complexity index is 383. The fourth-order valence-corrected chi connectivity index (χ4v) is 1.75. The van der Waals surface area contributed by atoms with Crippen LogP contribution in [-0.4, -0.2) is 30.7 Å². The number of methoxy groups -OCH3 is 1. The molecule has 0 aliphatic heterocycles. The first-order chi connectivity index (χ1) is 8.06. The maximum Gasteiger partial charge on any atom is 0.239 e. The van der Waals surface area contributed by atoms with Crippen molar-refractivity contribution in [1.82, 2.24) is 9.88 Å². The van der Waals surface area contributed by atoms with E-state index in [1.54, 1.807) is 7.11 Å². The Morgan fingerprint density at radius 2 is 2.12 bits per heavy atom. The summed E-state index contributed by atoms with van der Waals surface area (Å²) in [5.74, 6) is 0.0548. The maximum atomic E-state index is 11.7. The average Bonchev–Trinajstić information content (AvgIpc) is 2.53. The molecule has 96 valence electrons. The van der Waals surface area contributed by atoms with Gasteiger partial charge in [0.1, 0.15) is 6.54 Å². The summed E-state index contributed by atoms with van der Waals surface area (Å²) in [6.45, 7) is 7.94. The van der Waals surface area contributed by atoms with Crippen LogP contribution in [0.4, 0.5) is 0 Å². The van der Waals surface area contributed by atoms with Crippen LogP contribution in [0.5, 0.6) is 0 Å². The number of rotatable bonds is 6. The molecule has 0 unspecified atom stereocenters. The highest BCUT2D eigenvalue weighted by atomic mass is 16.5. The van der Waals surface area contributed by atoms with Crippen LogP contribution in [-0.2, 0) is 16.1 Å². The third-order valence-corrected chi connectivity index (χ3v) is 3.08. The molecule has 0 aliphatic rings. The summed E-state index contributed by atoms with van der Waals surface area (Å²) in [5.41, 5.74) is 3.65. The lowest BCUT2D eigenvalue weighted by molar-refractivity contribution is -0.121. The molecule has 0 saturated carbocycles. The van der Waals surface area contributed by atoms with Crippen molar-refractivity contribution in [3.8, 4) is 0 Å². The number of carbonyl (C=O) groups is 1. The lowest BCUT2D eigenvalue weighted by atomic mass is 10.2. The van der Waals surface area contributed by atoms with E-state index >= 15 is 0 Å². The Labute approximate surface area is 103 Å². The molecular formula is C13H22N2O2. The van der Waals surface area contributed by atoms with E-state index in [0.717, 1.165) is 12.1 Å². The quantitative estimate of drug-likeness (QED) is 0.764. The van der Waals surface area contributed by atoms with Crippen LogP contribution in [0.15, 0.2) is 6.20 Å². The molecule has 1 aromatic rings. The fourth-order valence-electron chi connectivity index (χ4n) is 1.75. The number of aromatic nitrogens is 1. The van der Waals surface area contributed by atoms with Gasteiger partial charge in [-0.05, 0) is 38.3 Å². The summed E-state index contributed by atoms with van der Waals surface area (Å²) in [7, 11) is 1.66. The van der Waals surface area contributed by atoms with Gasteiger partial charge in [-0.25, -0.2) is 0 Å². The van der Waals surface area contributed by atoms with Gasteiger partial charge >= 0.3 is 0 Å². The van der Waals surface area contributed by atoms with Crippen molar-refractivity contribution in [2.75, 3.05) is 20.3 Å². The summed E-state index contributed by atoms with van der Waals surface area (Å²) in [6.07, 6.45) is 2.88. The Balaban J connectivity index is 2.42. The van der Waals surface area contributed by atoms with E-state index in [4.69, 9.17) is 4.74 Å². The van der Waals surface area contributed by atoms with Crippen LogP contribution in [0, 0.1) is 20.8 Å². The predicted octanol–water partition coefficient (Wildman–Crippen LogP) is 1.57. The highest BCUT2D eigenvalue weighted by Crippen LogP contribution is 2.14. The smallest absolute Gasteiger partial charge is 0.239 e. The molecule has 0 aromatic carbocycles. The van der Waals surface area contributed by atoms with Gasteiger partial charge in [-0.15, -0.1) is 0 Å². The molecule has 0 radical (unpaired) electrons. The Morgan fingerprint density at radius 3 is 2.65 bits per heavy atom. The minimum Gasteiger partial charge on any atom is -0.385 e. The molecule has 0 spiro atoms. The molecule has 1 heterocycles. The van der Waals surface area contributed by atoms with Crippen LogP contribution in [0.25, 0.3) is 0 Å². The number of aryl methyl sites for hydroxylation is 1. The highest BCUT2D eigenvalue weighted by Gasteiger charge is 2.08. The van der Waals surface area contributed by atoms with Gasteiger partial charge in [-0.1, -0.05) is 0 Å². The van der Waals surface area contributed by atoms with Gasteiger partial charge in [0.25, 0.3) is 0 Å². The average molecular weight is 238 g/mol. The van der Waals surface area contributed by atoms with Crippen LogP contribution in [0.2, 0.25) is 0 Å². The molecule has 0 atom stereocenters. The minimum absolute atomic E-state index is 0.0548. The number of hydrogen-bond acceptors (Lipinski definition) is 2. The molecule has 0 bridgehead atoms. The summed E-state index contributed by atoms with van der Waals surface area (Å²) in [4.78, 5) is 11.7. The first kappa shape index (κ1) is 13.8. The van der Waals surface area contributed by atoms with Gasteiger partial charge in [0.2, 0.25) is 5.91 Å². The largest absolute Gasteiger partial charge is 0.385 e. The van der Waals surface area contributed by atoms with Gasteiger partial charge in [0.05, 0.1) is 0 Å². The van der Waals surface area contributed by atoms with E-state index in [1.165, 1.54) is 11.1 Å². The van der Waals surface area contributed by atoms with E-state index in [9.17, 15) is 4.79 Å².